The fourth-order valence-electron chi connectivity index (χ4n) is 1.59. The van der Waals surface area contributed by atoms with Gasteiger partial charge in [-0.3, -0.25) is 9.59 Å². The van der Waals surface area contributed by atoms with E-state index in [9.17, 15) is 9.59 Å². The Kier molecular flexibility index (Phi) is 7.73. The van der Waals surface area contributed by atoms with Crippen LogP contribution in [-0.2, 0) is 14.3 Å². The van der Waals surface area contributed by atoms with Gasteiger partial charge in [0.25, 0.3) is 0 Å². The van der Waals surface area contributed by atoms with Crippen molar-refractivity contribution in [3.63, 3.8) is 0 Å². The smallest absolute Gasteiger partial charge is 0.306 e. The second-order valence-corrected chi connectivity index (χ2v) is 6.03. The molecular formula is C15H16Cl3NO3. The quantitative estimate of drug-likeness (QED) is 0.759. The third-order valence-electron chi connectivity index (χ3n) is 3.00. The number of ether oxygens (including phenoxy) is 1. The van der Waals surface area contributed by atoms with Crippen LogP contribution in [0.1, 0.15) is 24.0 Å². The second-order valence-electron chi connectivity index (χ2n) is 4.62. The van der Waals surface area contributed by atoms with Crippen LogP contribution in [0.4, 0.5) is 5.69 Å². The molecule has 0 aliphatic carbocycles. The minimum absolute atomic E-state index is 0.0160. The van der Waals surface area contributed by atoms with Crippen LogP contribution >= 0.6 is 34.8 Å². The lowest BCUT2D eigenvalue weighted by Gasteiger charge is -2.10. The molecule has 0 heterocycles. The van der Waals surface area contributed by atoms with E-state index in [0.29, 0.717) is 0 Å². The van der Waals surface area contributed by atoms with Gasteiger partial charge >= 0.3 is 5.97 Å². The van der Waals surface area contributed by atoms with Crippen molar-refractivity contribution in [3.05, 3.63) is 38.8 Å². The normalized spacial score (nSPS) is 10.0. The topological polar surface area (TPSA) is 55.4 Å². The van der Waals surface area contributed by atoms with Gasteiger partial charge in [0, 0.05) is 12.1 Å². The number of benzene rings is 1. The van der Waals surface area contributed by atoms with Crippen molar-refractivity contribution in [1.82, 2.24) is 0 Å². The Bertz CT molecular complexity index is 596. The molecule has 0 unspecified atom stereocenters. The molecule has 1 aromatic carbocycles. The highest BCUT2D eigenvalue weighted by molar-refractivity contribution is 6.59. The number of esters is 1. The molecule has 0 radical (unpaired) electrons. The zero-order chi connectivity index (χ0) is 16.7. The fraction of sp³-hybridized carbons (Fsp3) is 0.333. The molecule has 22 heavy (non-hydrogen) atoms. The molecule has 0 aliphatic rings. The molecule has 0 spiro atoms. The lowest BCUT2D eigenvalue weighted by molar-refractivity contribution is -0.143. The highest BCUT2D eigenvalue weighted by atomic mass is 35.5. The van der Waals surface area contributed by atoms with Crippen LogP contribution < -0.4 is 5.32 Å². The van der Waals surface area contributed by atoms with Gasteiger partial charge in [-0.2, -0.15) is 0 Å². The van der Waals surface area contributed by atoms with Gasteiger partial charge in [-0.05, 0) is 31.0 Å². The van der Waals surface area contributed by atoms with E-state index in [0.717, 1.165) is 16.8 Å². The number of halogens is 3. The van der Waals surface area contributed by atoms with Gasteiger partial charge in [0.1, 0.15) is 11.1 Å². The van der Waals surface area contributed by atoms with Gasteiger partial charge in [0.15, 0.2) is 0 Å². The van der Waals surface area contributed by atoms with Gasteiger partial charge in [-0.25, -0.2) is 0 Å². The Balaban J connectivity index is 2.42. The maximum Gasteiger partial charge on any atom is 0.306 e. The lowest BCUT2D eigenvalue weighted by Crippen LogP contribution is -2.15. The van der Waals surface area contributed by atoms with Gasteiger partial charge in [-0.1, -0.05) is 46.9 Å². The molecule has 1 N–H and O–H groups in total. The van der Waals surface area contributed by atoms with Gasteiger partial charge in [-0.15, -0.1) is 0 Å². The van der Waals surface area contributed by atoms with Gasteiger partial charge in [0.2, 0.25) is 5.91 Å². The number of anilines is 1. The Morgan fingerprint density at radius 2 is 1.82 bits per heavy atom. The minimum atomic E-state index is -0.552. The van der Waals surface area contributed by atoms with Crippen LogP contribution in [0.2, 0.25) is 0 Å². The maximum atomic E-state index is 11.8. The highest BCUT2D eigenvalue weighted by Crippen LogP contribution is 2.19. The summed E-state index contributed by atoms with van der Waals surface area (Å²) in [5.41, 5.74) is 2.81. The van der Waals surface area contributed by atoms with Crippen molar-refractivity contribution in [2.45, 2.75) is 26.7 Å². The highest BCUT2D eigenvalue weighted by Gasteiger charge is 2.11. The zero-order valence-electron chi connectivity index (χ0n) is 12.2. The molecule has 0 saturated heterocycles. The first-order chi connectivity index (χ1) is 10.3. The SMILES string of the molecule is Cc1cccc(NC(=O)CCC(=O)OCC(Cl)=C(Cl)Cl)c1C. The maximum absolute atomic E-state index is 11.8. The van der Waals surface area contributed by atoms with Gasteiger partial charge < -0.3 is 10.1 Å². The molecule has 0 aromatic heterocycles. The number of hydrogen-bond acceptors (Lipinski definition) is 3. The van der Waals surface area contributed by atoms with E-state index in [1.54, 1.807) is 0 Å². The van der Waals surface area contributed by atoms with E-state index in [2.05, 4.69) is 5.32 Å². The molecular weight excluding hydrogens is 349 g/mol. The van der Waals surface area contributed by atoms with E-state index >= 15 is 0 Å². The number of carbonyl (C=O) groups is 2. The molecule has 1 amide bonds. The van der Waals surface area contributed by atoms with Crippen molar-refractivity contribution in [3.8, 4) is 0 Å². The molecule has 120 valence electrons. The second kappa shape index (κ2) is 9.03. The standard InChI is InChI=1S/C15H16Cl3NO3/c1-9-4-3-5-12(10(9)2)19-13(20)6-7-14(21)22-8-11(16)15(17)18/h3-5H,6-8H2,1-2H3,(H,19,20). The Hall–Kier alpha value is -1.23. The number of amides is 1. The van der Waals surface area contributed by atoms with Gasteiger partial charge in [0.05, 0.1) is 11.5 Å². The van der Waals surface area contributed by atoms with Crippen molar-refractivity contribution in [2.75, 3.05) is 11.9 Å². The summed E-state index contributed by atoms with van der Waals surface area (Å²) in [5.74, 6) is -0.813. The molecule has 0 atom stereocenters. The predicted octanol–water partition coefficient (Wildman–Crippen LogP) is 4.45. The van der Waals surface area contributed by atoms with Crippen LogP contribution in [0.25, 0.3) is 0 Å². The molecule has 0 bridgehead atoms. The van der Waals surface area contributed by atoms with Crippen LogP contribution in [0.15, 0.2) is 27.7 Å². The summed E-state index contributed by atoms with van der Waals surface area (Å²) in [6.45, 7) is 3.67. The summed E-state index contributed by atoms with van der Waals surface area (Å²) < 4.78 is 4.68. The molecule has 1 rings (SSSR count). The van der Waals surface area contributed by atoms with Crippen molar-refractivity contribution in [1.29, 1.82) is 0 Å². The van der Waals surface area contributed by atoms with Crippen LogP contribution in [0.3, 0.4) is 0 Å². The van der Waals surface area contributed by atoms with Crippen molar-refractivity contribution < 1.29 is 14.3 Å². The van der Waals surface area contributed by atoms with E-state index in [-0.39, 0.29) is 34.9 Å². The molecule has 7 heteroatoms. The first kappa shape index (κ1) is 18.8. The van der Waals surface area contributed by atoms with Crippen molar-refractivity contribution in [2.24, 2.45) is 0 Å². The molecule has 0 aliphatic heterocycles. The summed E-state index contributed by atoms with van der Waals surface area (Å²) in [5, 5.41) is 2.80. The monoisotopic (exact) mass is 363 g/mol. The predicted molar refractivity (Wildman–Crippen MR) is 89.3 cm³/mol. The number of nitrogens with one attached hydrogen (secondary N) is 1. The third-order valence-corrected chi connectivity index (χ3v) is 3.95. The Morgan fingerprint density at radius 3 is 2.45 bits per heavy atom. The minimum Gasteiger partial charge on any atom is -0.460 e. The van der Waals surface area contributed by atoms with E-state index < -0.39 is 5.97 Å². The zero-order valence-corrected chi connectivity index (χ0v) is 14.5. The largest absolute Gasteiger partial charge is 0.460 e. The summed E-state index contributed by atoms with van der Waals surface area (Å²) in [7, 11) is 0. The molecule has 4 nitrogen and oxygen atoms in total. The van der Waals surface area contributed by atoms with Crippen LogP contribution in [0.5, 0.6) is 0 Å². The lowest BCUT2D eigenvalue weighted by atomic mass is 10.1. The number of aryl methyl sites for hydroxylation is 1. The Labute approximate surface area is 144 Å². The third kappa shape index (κ3) is 6.26. The molecule has 0 fully saturated rings. The average molecular weight is 365 g/mol. The number of carbonyl (C=O) groups excluding carboxylic acids is 2. The van der Waals surface area contributed by atoms with E-state index in [4.69, 9.17) is 39.5 Å². The Morgan fingerprint density at radius 1 is 1.14 bits per heavy atom. The fourth-order valence-corrected chi connectivity index (χ4v) is 1.75. The average Bonchev–Trinajstić information content (AvgIpc) is 2.47. The van der Waals surface area contributed by atoms with E-state index in [1.165, 1.54) is 0 Å². The first-order valence-electron chi connectivity index (χ1n) is 6.52. The van der Waals surface area contributed by atoms with Crippen molar-refractivity contribution >= 4 is 52.4 Å². The number of rotatable bonds is 6. The van der Waals surface area contributed by atoms with Crippen LogP contribution in [-0.4, -0.2) is 18.5 Å². The summed E-state index contributed by atoms with van der Waals surface area (Å²) in [4.78, 5) is 23.3. The summed E-state index contributed by atoms with van der Waals surface area (Å²) >= 11 is 16.5. The van der Waals surface area contributed by atoms with E-state index in [1.807, 2.05) is 32.0 Å². The number of hydrogen-bond donors (Lipinski definition) is 1. The molecule has 0 saturated carbocycles. The van der Waals surface area contributed by atoms with Crippen LogP contribution in [0, 0.1) is 13.8 Å². The summed E-state index contributed by atoms with van der Waals surface area (Å²) in [6, 6.07) is 5.63. The molecule has 1 aromatic rings. The first-order valence-corrected chi connectivity index (χ1v) is 7.66. The summed E-state index contributed by atoms with van der Waals surface area (Å²) in [6.07, 6.45) is -0.0388.